The van der Waals surface area contributed by atoms with Crippen molar-refractivity contribution in [2.45, 2.75) is 26.6 Å². The van der Waals surface area contributed by atoms with Crippen LogP contribution in [0.3, 0.4) is 0 Å². The van der Waals surface area contributed by atoms with Crippen LogP contribution in [0.15, 0.2) is 120 Å². The van der Waals surface area contributed by atoms with Gasteiger partial charge in [-0.25, -0.2) is 18.6 Å². The van der Waals surface area contributed by atoms with Crippen LogP contribution in [0.1, 0.15) is 41.0 Å². The normalized spacial score (nSPS) is 12.2. The van der Waals surface area contributed by atoms with E-state index < -0.39 is 12.1 Å². The first kappa shape index (κ1) is 32.6. The number of hydrogen-bond acceptors (Lipinski definition) is 6. The van der Waals surface area contributed by atoms with E-state index in [0.29, 0.717) is 44.8 Å². The van der Waals surface area contributed by atoms with E-state index in [4.69, 9.17) is 14.3 Å². The van der Waals surface area contributed by atoms with E-state index in [1.165, 1.54) is 31.2 Å². The van der Waals surface area contributed by atoms with Crippen molar-refractivity contribution in [1.82, 2.24) is 4.98 Å². The molecule has 0 bridgehead atoms. The zero-order chi connectivity index (χ0) is 33.3. The minimum absolute atomic E-state index is 0.194. The number of fused-ring (bicyclic) bond motifs is 1. The second kappa shape index (κ2) is 15.0. The van der Waals surface area contributed by atoms with Gasteiger partial charge in [-0.05, 0) is 102 Å². The van der Waals surface area contributed by atoms with Crippen molar-refractivity contribution in [2.24, 2.45) is 5.16 Å². The fraction of sp³-hybridized carbons (Fsp3) is 0.132. The fourth-order valence-electron chi connectivity index (χ4n) is 4.56. The maximum Gasteiger partial charge on any atom is 0.353 e. The van der Waals surface area contributed by atoms with Crippen molar-refractivity contribution in [3.8, 4) is 11.5 Å². The lowest BCUT2D eigenvalue weighted by Gasteiger charge is -2.17. The number of carboxylic acid groups (broad SMARTS) is 1. The Morgan fingerprint density at radius 2 is 1.53 bits per heavy atom. The summed E-state index contributed by atoms with van der Waals surface area (Å²) in [6.07, 6.45) is 2.87. The predicted octanol–water partition coefficient (Wildman–Crippen LogP) is 8.62. The van der Waals surface area contributed by atoms with Gasteiger partial charge < -0.3 is 19.4 Å². The number of hydrogen-bond donors (Lipinski definition) is 1. The number of oxime groups is 1. The molecule has 0 saturated carbocycles. The van der Waals surface area contributed by atoms with Crippen LogP contribution >= 0.6 is 0 Å². The summed E-state index contributed by atoms with van der Waals surface area (Å²) in [7, 11) is 0. The summed E-state index contributed by atoms with van der Waals surface area (Å²) in [6.45, 7) is 7.71. The number of ether oxygens (including phenoxy) is 2. The monoisotopic (exact) mass is 634 g/mol. The van der Waals surface area contributed by atoms with Crippen molar-refractivity contribution in [1.29, 1.82) is 0 Å². The van der Waals surface area contributed by atoms with Gasteiger partial charge in [-0.15, -0.1) is 0 Å². The Morgan fingerprint density at radius 3 is 2.21 bits per heavy atom. The van der Waals surface area contributed by atoms with Crippen LogP contribution in [0.25, 0.3) is 17.0 Å². The molecule has 0 aliphatic heterocycles. The van der Waals surface area contributed by atoms with Gasteiger partial charge in [0.2, 0.25) is 0 Å². The molecule has 1 aromatic heterocycles. The molecule has 1 unspecified atom stereocenters. The van der Waals surface area contributed by atoms with E-state index >= 15 is 0 Å². The number of aryl methyl sites for hydroxylation is 1. The molecule has 7 nitrogen and oxygen atoms in total. The number of carbonyl (C=O) groups is 1. The maximum atomic E-state index is 13.6. The molecular formula is C38H32F2N2O5. The summed E-state index contributed by atoms with van der Waals surface area (Å²) < 4.78 is 38.9. The molecule has 1 heterocycles. The molecular weight excluding hydrogens is 602 g/mol. The van der Waals surface area contributed by atoms with Gasteiger partial charge in [0.25, 0.3) is 0 Å². The van der Waals surface area contributed by atoms with E-state index in [2.05, 4.69) is 16.7 Å². The zero-order valence-corrected chi connectivity index (χ0v) is 25.8. The van der Waals surface area contributed by atoms with Crippen LogP contribution < -0.4 is 9.47 Å². The second-order valence-corrected chi connectivity index (χ2v) is 10.8. The summed E-state index contributed by atoms with van der Waals surface area (Å²) in [5, 5.41) is 13.8. The van der Waals surface area contributed by atoms with Crippen molar-refractivity contribution < 1.29 is 33.0 Å². The van der Waals surface area contributed by atoms with E-state index in [9.17, 15) is 18.7 Å². The fourth-order valence-corrected chi connectivity index (χ4v) is 4.56. The first-order chi connectivity index (χ1) is 22.6. The molecule has 47 heavy (non-hydrogen) atoms. The highest BCUT2D eigenvalue weighted by Crippen LogP contribution is 2.30. The Kier molecular flexibility index (Phi) is 10.4. The lowest BCUT2D eigenvalue weighted by Crippen LogP contribution is -2.11. The first-order valence-corrected chi connectivity index (χ1v) is 14.7. The maximum absolute atomic E-state index is 13.6. The number of rotatable bonds is 13. The average molecular weight is 635 g/mol. The third kappa shape index (κ3) is 8.88. The van der Waals surface area contributed by atoms with Gasteiger partial charge in [0.15, 0.2) is 11.8 Å². The highest BCUT2D eigenvalue weighted by molar-refractivity contribution is 6.34. The molecule has 0 saturated heterocycles. The molecule has 0 fully saturated rings. The van der Waals surface area contributed by atoms with Crippen molar-refractivity contribution in [2.75, 3.05) is 6.61 Å². The van der Waals surface area contributed by atoms with Crippen LogP contribution in [0.2, 0.25) is 0 Å². The van der Waals surface area contributed by atoms with Crippen LogP contribution in [-0.2, 0) is 16.2 Å². The molecule has 0 spiro atoms. The molecule has 0 amide bonds. The molecule has 5 aromatic rings. The predicted molar refractivity (Wildman–Crippen MR) is 177 cm³/mol. The van der Waals surface area contributed by atoms with Crippen molar-refractivity contribution in [3.63, 3.8) is 0 Å². The number of benzene rings is 4. The minimum atomic E-state index is -1.19. The SMILES string of the molecule is C=C(/C=C\c1cc(F)ccc1C)COc1ccc(C(O/N=C(\C)C(=O)O)c2ccc(OCc3ccc4cc(F)ccc4n3)cc2)cc1. The standard InChI is InChI=1S/C38H32F2N2O5/c1-24(4-6-29-20-31(39)12-5-25(29)2)22-45-34-15-8-27(9-16-34)37(47-42-26(3)38(43)44)28-10-17-35(18-11-28)46-23-33-14-7-30-21-32(40)13-19-36(30)41-33/h4-21,37H,1,22-23H2,2-3H3,(H,43,44)/b6-4-,42-26+. The molecule has 1 N–H and O–H groups in total. The molecule has 4 aromatic carbocycles. The molecule has 238 valence electrons. The number of halogens is 2. The number of nitrogens with zero attached hydrogens (tertiary/aromatic N) is 2. The third-order valence-corrected chi connectivity index (χ3v) is 7.23. The Hall–Kier alpha value is -5.83. The van der Waals surface area contributed by atoms with Gasteiger partial charge >= 0.3 is 5.97 Å². The third-order valence-electron chi connectivity index (χ3n) is 7.23. The number of aromatic nitrogens is 1. The summed E-state index contributed by atoms with van der Waals surface area (Å²) >= 11 is 0. The number of pyridine rings is 1. The van der Waals surface area contributed by atoms with Crippen LogP contribution in [-0.4, -0.2) is 28.4 Å². The van der Waals surface area contributed by atoms with Crippen molar-refractivity contribution in [3.05, 3.63) is 155 Å². The topological polar surface area (TPSA) is 90.2 Å². The van der Waals surface area contributed by atoms with Crippen LogP contribution in [0, 0.1) is 18.6 Å². The van der Waals surface area contributed by atoms with Crippen molar-refractivity contribution >= 4 is 28.7 Å². The van der Waals surface area contributed by atoms with E-state index in [0.717, 1.165) is 11.1 Å². The minimum Gasteiger partial charge on any atom is -0.489 e. The summed E-state index contributed by atoms with van der Waals surface area (Å²) in [4.78, 5) is 21.6. The van der Waals surface area contributed by atoms with Gasteiger partial charge in [-0.1, -0.05) is 60.3 Å². The summed E-state index contributed by atoms with van der Waals surface area (Å²) in [5.74, 6) is -0.633. The smallest absolute Gasteiger partial charge is 0.353 e. The quantitative estimate of drug-likeness (QED) is 0.0793. The first-order valence-electron chi connectivity index (χ1n) is 14.7. The lowest BCUT2D eigenvalue weighted by atomic mass is 10.0. The van der Waals surface area contributed by atoms with E-state index in [1.54, 1.807) is 60.7 Å². The largest absolute Gasteiger partial charge is 0.489 e. The summed E-state index contributed by atoms with van der Waals surface area (Å²) in [6, 6.07) is 27.0. The number of carboxylic acids is 1. The molecule has 9 heteroatoms. The molecule has 1 atom stereocenters. The van der Waals surface area contributed by atoms with Gasteiger partial charge in [0.05, 0.1) is 11.2 Å². The van der Waals surface area contributed by atoms with E-state index in [-0.39, 0.29) is 30.6 Å². The highest BCUT2D eigenvalue weighted by Gasteiger charge is 2.18. The average Bonchev–Trinajstić information content (AvgIpc) is 3.07. The Balaban J connectivity index is 1.24. The van der Waals surface area contributed by atoms with E-state index in [1.807, 2.05) is 31.2 Å². The lowest BCUT2D eigenvalue weighted by molar-refractivity contribution is -0.129. The van der Waals surface area contributed by atoms with Gasteiger partial charge in [-0.3, -0.25) is 0 Å². The Labute approximate surface area is 271 Å². The van der Waals surface area contributed by atoms with Gasteiger partial charge in [0.1, 0.15) is 36.3 Å². The molecule has 0 aliphatic rings. The summed E-state index contributed by atoms with van der Waals surface area (Å²) in [5.41, 5.74) is 5.02. The molecule has 5 rings (SSSR count). The number of aliphatic carboxylic acids is 1. The highest BCUT2D eigenvalue weighted by atomic mass is 19.1. The second-order valence-electron chi connectivity index (χ2n) is 10.8. The molecule has 0 aliphatic carbocycles. The Morgan fingerprint density at radius 1 is 0.894 bits per heavy atom. The van der Waals surface area contributed by atoms with Crippen LogP contribution in [0.4, 0.5) is 8.78 Å². The van der Waals surface area contributed by atoms with Gasteiger partial charge in [0, 0.05) is 5.39 Å². The van der Waals surface area contributed by atoms with Gasteiger partial charge in [-0.2, -0.15) is 0 Å². The zero-order valence-electron chi connectivity index (χ0n) is 25.8. The van der Waals surface area contributed by atoms with Crippen LogP contribution in [0.5, 0.6) is 11.5 Å². The molecule has 0 radical (unpaired) electrons. The Bertz CT molecular complexity index is 1950.